The quantitative estimate of drug-likeness (QED) is 0.483. The van der Waals surface area contributed by atoms with Crippen LogP contribution in [0, 0.1) is 11.7 Å². The number of hydrogen-bond acceptors (Lipinski definition) is 5. The van der Waals surface area contributed by atoms with E-state index in [1.807, 2.05) is 13.8 Å². The Morgan fingerprint density at radius 1 is 1.11 bits per heavy atom. The minimum Gasteiger partial charge on any atom is -0.495 e. The van der Waals surface area contributed by atoms with Gasteiger partial charge < -0.3 is 15.0 Å². The molecule has 35 heavy (non-hydrogen) atoms. The fraction of sp³-hybridized carbons (Fsp3) is 0.417. The van der Waals surface area contributed by atoms with E-state index in [1.54, 1.807) is 6.92 Å². The van der Waals surface area contributed by atoms with Gasteiger partial charge in [-0.2, -0.15) is 0 Å². The molecule has 11 heteroatoms. The molecule has 0 aliphatic carbocycles. The van der Waals surface area contributed by atoms with Crippen molar-refractivity contribution in [3.8, 4) is 5.75 Å². The van der Waals surface area contributed by atoms with Crippen molar-refractivity contribution >= 4 is 39.1 Å². The molecule has 8 nitrogen and oxygen atoms in total. The Kier molecular flexibility index (Phi) is 9.91. The molecular formula is C24H31ClFN3O5S. The monoisotopic (exact) mass is 527 g/mol. The molecule has 0 fully saturated rings. The first kappa shape index (κ1) is 28.4. The van der Waals surface area contributed by atoms with Crippen LogP contribution in [0.15, 0.2) is 42.5 Å². The van der Waals surface area contributed by atoms with Crippen LogP contribution in [0.25, 0.3) is 0 Å². The van der Waals surface area contributed by atoms with E-state index in [1.165, 1.54) is 54.5 Å². The maximum absolute atomic E-state index is 13.4. The van der Waals surface area contributed by atoms with Crippen molar-refractivity contribution in [3.63, 3.8) is 0 Å². The van der Waals surface area contributed by atoms with Crippen molar-refractivity contribution in [3.05, 3.63) is 58.9 Å². The van der Waals surface area contributed by atoms with Crippen LogP contribution in [0.1, 0.15) is 26.3 Å². The maximum atomic E-state index is 13.4. The van der Waals surface area contributed by atoms with E-state index in [0.717, 1.165) is 10.6 Å². The molecule has 0 radical (unpaired) electrons. The van der Waals surface area contributed by atoms with E-state index in [-0.39, 0.29) is 29.1 Å². The van der Waals surface area contributed by atoms with E-state index in [9.17, 15) is 22.4 Å². The summed E-state index contributed by atoms with van der Waals surface area (Å²) >= 11 is 6.17. The number of halogens is 2. The zero-order chi connectivity index (χ0) is 26.3. The number of hydrogen-bond donors (Lipinski definition) is 1. The largest absolute Gasteiger partial charge is 0.495 e. The van der Waals surface area contributed by atoms with Crippen molar-refractivity contribution < 1.29 is 27.1 Å². The molecule has 2 aromatic rings. The first-order chi connectivity index (χ1) is 16.3. The van der Waals surface area contributed by atoms with Gasteiger partial charge in [0, 0.05) is 13.1 Å². The zero-order valence-electron chi connectivity index (χ0n) is 20.4. The van der Waals surface area contributed by atoms with Gasteiger partial charge in [-0.1, -0.05) is 37.6 Å². The molecule has 2 rings (SSSR count). The molecule has 192 valence electrons. The predicted octanol–water partition coefficient (Wildman–Crippen LogP) is 3.44. The molecule has 1 atom stereocenters. The minimum absolute atomic E-state index is 0.0175. The standard InChI is InChI=1S/C24H31ClFN3O5S/c1-16(2)13-27-24(31)17(3)28(14-18-6-8-19(26)9-7-18)23(30)15-29(35(5,32)33)20-10-11-22(34-4)21(25)12-20/h6-12,16-17H,13-15H2,1-5H3,(H,27,31)/t17-/m0/s1. The van der Waals surface area contributed by atoms with Gasteiger partial charge in [-0.15, -0.1) is 0 Å². The SMILES string of the molecule is COc1ccc(N(CC(=O)N(Cc2ccc(F)cc2)[C@@H](C)C(=O)NCC(C)C)S(C)(=O)=O)cc1Cl. The highest BCUT2D eigenvalue weighted by Crippen LogP contribution is 2.30. The Morgan fingerprint density at radius 2 is 1.74 bits per heavy atom. The second-order valence-electron chi connectivity index (χ2n) is 8.55. The lowest BCUT2D eigenvalue weighted by atomic mass is 10.1. The van der Waals surface area contributed by atoms with Crippen LogP contribution in [0.4, 0.5) is 10.1 Å². The van der Waals surface area contributed by atoms with Crippen LogP contribution in [-0.4, -0.2) is 57.6 Å². The average molecular weight is 528 g/mol. The number of rotatable bonds is 11. The molecule has 0 bridgehead atoms. The lowest BCUT2D eigenvalue weighted by Crippen LogP contribution is -2.51. The lowest BCUT2D eigenvalue weighted by molar-refractivity contribution is -0.139. The number of carbonyl (C=O) groups excluding carboxylic acids is 2. The molecule has 0 heterocycles. The molecule has 0 unspecified atom stereocenters. The molecule has 0 aliphatic heterocycles. The second kappa shape index (κ2) is 12.2. The Hall–Kier alpha value is -2.85. The van der Waals surface area contributed by atoms with Gasteiger partial charge in [0.15, 0.2) is 0 Å². The Labute approximate surface area is 211 Å². The Balaban J connectivity index is 2.38. The van der Waals surface area contributed by atoms with Crippen LogP contribution in [0.2, 0.25) is 5.02 Å². The summed E-state index contributed by atoms with van der Waals surface area (Å²) in [5.74, 6) is -0.878. The number of anilines is 1. The fourth-order valence-electron chi connectivity index (χ4n) is 3.25. The molecule has 2 aromatic carbocycles. The third kappa shape index (κ3) is 8.10. The summed E-state index contributed by atoms with van der Waals surface area (Å²) in [6.07, 6.45) is 0.974. The van der Waals surface area contributed by atoms with Gasteiger partial charge in [0.25, 0.3) is 0 Å². The average Bonchev–Trinajstić information content (AvgIpc) is 2.79. The predicted molar refractivity (Wildman–Crippen MR) is 134 cm³/mol. The molecule has 0 aromatic heterocycles. The normalized spacial score (nSPS) is 12.2. The summed E-state index contributed by atoms with van der Waals surface area (Å²) in [5.41, 5.74) is 0.756. The van der Waals surface area contributed by atoms with Gasteiger partial charge in [-0.05, 0) is 48.7 Å². The van der Waals surface area contributed by atoms with Crippen molar-refractivity contribution in [2.45, 2.75) is 33.4 Å². The van der Waals surface area contributed by atoms with Gasteiger partial charge in [-0.3, -0.25) is 13.9 Å². The number of benzene rings is 2. The number of nitrogens with one attached hydrogen (secondary N) is 1. The van der Waals surface area contributed by atoms with Gasteiger partial charge in [-0.25, -0.2) is 12.8 Å². The van der Waals surface area contributed by atoms with E-state index in [4.69, 9.17) is 16.3 Å². The van der Waals surface area contributed by atoms with Gasteiger partial charge in [0.1, 0.15) is 24.2 Å². The first-order valence-electron chi connectivity index (χ1n) is 11.0. The van der Waals surface area contributed by atoms with Crippen molar-refractivity contribution in [1.29, 1.82) is 0 Å². The summed E-state index contributed by atoms with van der Waals surface area (Å²) in [6, 6.07) is 8.97. The van der Waals surface area contributed by atoms with Crippen LogP contribution in [0.5, 0.6) is 5.75 Å². The van der Waals surface area contributed by atoms with Crippen LogP contribution in [0.3, 0.4) is 0 Å². The topological polar surface area (TPSA) is 96.0 Å². The van der Waals surface area contributed by atoms with E-state index in [2.05, 4.69) is 5.32 Å². The number of methoxy groups -OCH3 is 1. The molecule has 0 spiro atoms. The van der Waals surface area contributed by atoms with Crippen LogP contribution >= 0.6 is 11.6 Å². The van der Waals surface area contributed by atoms with Crippen molar-refractivity contribution in [1.82, 2.24) is 10.2 Å². The number of carbonyl (C=O) groups is 2. The van der Waals surface area contributed by atoms with Crippen molar-refractivity contribution in [2.24, 2.45) is 5.92 Å². The summed E-state index contributed by atoms with van der Waals surface area (Å²) in [6.45, 7) is 5.28. The molecule has 0 aliphatic rings. The van der Waals surface area contributed by atoms with Gasteiger partial charge in [0.05, 0.1) is 24.1 Å². The smallest absolute Gasteiger partial charge is 0.244 e. The second-order valence-corrected chi connectivity index (χ2v) is 10.9. The third-order valence-electron chi connectivity index (χ3n) is 5.22. The summed E-state index contributed by atoms with van der Waals surface area (Å²) in [5, 5.41) is 2.97. The maximum Gasteiger partial charge on any atom is 0.244 e. The fourth-order valence-corrected chi connectivity index (χ4v) is 4.34. The number of nitrogens with zero attached hydrogens (tertiary/aromatic N) is 2. The third-order valence-corrected chi connectivity index (χ3v) is 6.66. The first-order valence-corrected chi connectivity index (χ1v) is 13.2. The molecule has 1 N–H and O–H groups in total. The van der Waals surface area contributed by atoms with Crippen LogP contribution in [-0.2, 0) is 26.2 Å². The molecule has 2 amide bonds. The summed E-state index contributed by atoms with van der Waals surface area (Å²) in [4.78, 5) is 27.5. The summed E-state index contributed by atoms with van der Waals surface area (Å²) in [7, 11) is -2.46. The minimum atomic E-state index is -3.89. The summed E-state index contributed by atoms with van der Waals surface area (Å²) < 4.78 is 44.6. The highest BCUT2D eigenvalue weighted by Gasteiger charge is 2.30. The van der Waals surface area contributed by atoms with E-state index in [0.29, 0.717) is 17.9 Å². The molecule has 0 saturated heterocycles. The zero-order valence-corrected chi connectivity index (χ0v) is 22.0. The lowest BCUT2D eigenvalue weighted by Gasteiger charge is -2.31. The van der Waals surface area contributed by atoms with E-state index < -0.39 is 34.3 Å². The van der Waals surface area contributed by atoms with E-state index >= 15 is 0 Å². The van der Waals surface area contributed by atoms with Gasteiger partial charge >= 0.3 is 0 Å². The van der Waals surface area contributed by atoms with Gasteiger partial charge in [0.2, 0.25) is 21.8 Å². The Morgan fingerprint density at radius 3 is 2.26 bits per heavy atom. The highest BCUT2D eigenvalue weighted by atomic mass is 35.5. The highest BCUT2D eigenvalue weighted by molar-refractivity contribution is 7.92. The molecular weight excluding hydrogens is 497 g/mol. The van der Waals surface area contributed by atoms with Crippen molar-refractivity contribution in [2.75, 3.05) is 30.8 Å². The van der Waals surface area contributed by atoms with Crippen LogP contribution < -0.4 is 14.4 Å². The number of amides is 2. The Bertz CT molecular complexity index is 1140. The number of ether oxygens (including phenoxy) is 1. The molecule has 0 saturated carbocycles. The number of sulfonamides is 1.